The summed E-state index contributed by atoms with van der Waals surface area (Å²) in [5, 5.41) is 6.02. The Hall–Kier alpha value is -2.63. The van der Waals surface area contributed by atoms with Crippen molar-refractivity contribution in [1.29, 1.82) is 0 Å². The number of rotatable bonds is 7. The van der Waals surface area contributed by atoms with Crippen LogP contribution in [0.5, 0.6) is 11.6 Å². The van der Waals surface area contributed by atoms with Gasteiger partial charge in [-0.15, -0.1) is 0 Å². The molecule has 2 N–H and O–H groups in total. The van der Waals surface area contributed by atoms with Crippen LogP contribution >= 0.6 is 0 Å². The second kappa shape index (κ2) is 8.12. The number of nitrogens with zero attached hydrogens (tertiary/aromatic N) is 2. The molecule has 1 aromatic carbocycles. The number of ether oxygens (including phenoxy) is 1. The van der Waals surface area contributed by atoms with Gasteiger partial charge in [-0.05, 0) is 44.5 Å². The Balaban J connectivity index is 1.93. The van der Waals surface area contributed by atoms with Gasteiger partial charge in [0.05, 0.1) is 0 Å². The summed E-state index contributed by atoms with van der Waals surface area (Å²) in [5.41, 5.74) is 0.857. The molecule has 23 heavy (non-hydrogen) atoms. The second-order valence-corrected chi connectivity index (χ2v) is 5.23. The summed E-state index contributed by atoms with van der Waals surface area (Å²) in [6.45, 7) is 6.36. The number of hydrogen-bond acceptors (Lipinski definition) is 5. The first-order chi connectivity index (χ1) is 11.1. The lowest BCUT2D eigenvalue weighted by Crippen LogP contribution is -2.37. The maximum Gasteiger partial charge on any atom is 0.242 e. The molecular formula is C17H22N4O2. The van der Waals surface area contributed by atoms with Gasteiger partial charge in [-0.1, -0.05) is 6.92 Å². The number of benzene rings is 1. The lowest BCUT2D eigenvalue weighted by molar-refractivity contribution is -0.121. The van der Waals surface area contributed by atoms with Gasteiger partial charge in [0.15, 0.2) is 0 Å². The third-order valence-electron chi connectivity index (χ3n) is 3.15. The van der Waals surface area contributed by atoms with Crippen molar-refractivity contribution in [3.63, 3.8) is 0 Å². The molecule has 0 saturated heterocycles. The SMILES string of the molecule is CCCNC(=O)C(C)Nc1ccc(Oc2ccnc(C)n2)cc1. The number of nitrogens with one attached hydrogen (secondary N) is 2. The van der Waals surface area contributed by atoms with E-state index in [4.69, 9.17) is 4.74 Å². The van der Waals surface area contributed by atoms with Crippen LogP contribution in [0.1, 0.15) is 26.1 Å². The fourth-order valence-electron chi connectivity index (χ4n) is 1.95. The Bertz CT molecular complexity index is 643. The van der Waals surface area contributed by atoms with E-state index in [0.29, 0.717) is 24.0 Å². The molecule has 0 saturated carbocycles. The largest absolute Gasteiger partial charge is 0.439 e. The lowest BCUT2D eigenvalue weighted by atomic mass is 10.2. The van der Waals surface area contributed by atoms with Gasteiger partial charge in [0.1, 0.15) is 17.6 Å². The lowest BCUT2D eigenvalue weighted by Gasteiger charge is -2.15. The van der Waals surface area contributed by atoms with E-state index in [1.807, 2.05) is 45.0 Å². The van der Waals surface area contributed by atoms with Crippen molar-refractivity contribution in [2.75, 3.05) is 11.9 Å². The first-order valence-corrected chi connectivity index (χ1v) is 7.70. The fourth-order valence-corrected chi connectivity index (χ4v) is 1.95. The van der Waals surface area contributed by atoms with E-state index < -0.39 is 0 Å². The van der Waals surface area contributed by atoms with Crippen molar-refractivity contribution in [3.8, 4) is 11.6 Å². The smallest absolute Gasteiger partial charge is 0.242 e. The van der Waals surface area contributed by atoms with Gasteiger partial charge in [0.2, 0.25) is 11.8 Å². The van der Waals surface area contributed by atoms with Crippen molar-refractivity contribution in [1.82, 2.24) is 15.3 Å². The maximum absolute atomic E-state index is 11.8. The van der Waals surface area contributed by atoms with E-state index in [0.717, 1.165) is 12.1 Å². The molecule has 1 heterocycles. The molecule has 0 aliphatic heterocycles. The molecule has 6 nitrogen and oxygen atoms in total. The summed E-state index contributed by atoms with van der Waals surface area (Å²) >= 11 is 0. The highest BCUT2D eigenvalue weighted by atomic mass is 16.5. The number of aryl methyl sites for hydroxylation is 1. The van der Waals surface area contributed by atoms with E-state index in [1.54, 1.807) is 12.3 Å². The number of carbonyl (C=O) groups is 1. The number of amides is 1. The van der Waals surface area contributed by atoms with Gasteiger partial charge in [0, 0.05) is 24.5 Å². The normalized spacial score (nSPS) is 11.6. The summed E-state index contributed by atoms with van der Waals surface area (Å²) in [4.78, 5) is 20.0. The topological polar surface area (TPSA) is 76.1 Å². The van der Waals surface area contributed by atoms with Crippen LogP contribution < -0.4 is 15.4 Å². The average Bonchev–Trinajstić information content (AvgIpc) is 2.54. The second-order valence-electron chi connectivity index (χ2n) is 5.23. The molecule has 2 rings (SSSR count). The molecule has 0 radical (unpaired) electrons. The Labute approximate surface area is 136 Å². The summed E-state index contributed by atoms with van der Waals surface area (Å²) in [7, 11) is 0. The van der Waals surface area contributed by atoms with E-state index in [-0.39, 0.29) is 11.9 Å². The molecule has 0 aliphatic carbocycles. The standard InChI is InChI=1S/C17H22N4O2/c1-4-10-19-17(22)12(2)20-14-5-7-15(8-6-14)23-16-9-11-18-13(3)21-16/h5-9,11-12,20H,4,10H2,1-3H3,(H,19,22). The first-order valence-electron chi connectivity index (χ1n) is 7.70. The van der Waals surface area contributed by atoms with Crippen LogP contribution in [-0.4, -0.2) is 28.5 Å². The zero-order valence-corrected chi connectivity index (χ0v) is 13.7. The molecule has 1 atom stereocenters. The van der Waals surface area contributed by atoms with Crippen molar-refractivity contribution >= 4 is 11.6 Å². The minimum atomic E-state index is -0.294. The Morgan fingerprint density at radius 1 is 1.26 bits per heavy atom. The molecule has 0 spiro atoms. The van der Waals surface area contributed by atoms with Crippen molar-refractivity contribution in [2.45, 2.75) is 33.2 Å². The van der Waals surface area contributed by atoms with Gasteiger partial charge in [-0.3, -0.25) is 4.79 Å². The third-order valence-corrected chi connectivity index (χ3v) is 3.15. The Morgan fingerprint density at radius 2 is 2.00 bits per heavy atom. The summed E-state index contributed by atoms with van der Waals surface area (Å²) in [6, 6.07) is 8.81. The summed E-state index contributed by atoms with van der Waals surface area (Å²) in [5.74, 6) is 1.83. The van der Waals surface area contributed by atoms with Crippen LogP contribution in [0, 0.1) is 6.92 Å². The fraction of sp³-hybridized carbons (Fsp3) is 0.353. The average molecular weight is 314 g/mol. The molecule has 0 fully saturated rings. The van der Waals surface area contributed by atoms with Gasteiger partial charge < -0.3 is 15.4 Å². The number of anilines is 1. The van der Waals surface area contributed by atoms with E-state index in [1.165, 1.54) is 0 Å². The maximum atomic E-state index is 11.8. The van der Waals surface area contributed by atoms with E-state index in [2.05, 4.69) is 20.6 Å². The molecule has 1 unspecified atom stereocenters. The molecular weight excluding hydrogens is 292 g/mol. The molecule has 0 aliphatic rings. The minimum Gasteiger partial charge on any atom is -0.439 e. The molecule has 1 aromatic heterocycles. The Morgan fingerprint density at radius 3 is 2.65 bits per heavy atom. The Kier molecular flexibility index (Phi) is 5.91. The van der Waals surface area contributed by atoms with Crippen molar-refractivity contribution in [3.05, 3.63) is 42.4 Å². The van der Waals surface area contributed by atoms with Crippen LogP contribution in [0.4, 0.5) is 5.69 Å². The molecule has 6 heteroatoms. The third kappa shape index (κ3) is 5.25. The minimum absolute atomic E-state index is 0.0105. The molecule has 122 valence electrons. The summed E-state index contributed by atoms with van der Waals surface area (Å²) in [6.07, 6.45) is 2.58. The highest BCUT2D eigenvalue weighted by molar-refractivity contribution is 5.84. The van der Waals surface area contributed by atoms with Gasteiger partial charge in [-0.2, -0.15) is 4.98 Å². The van der Waals surface area contributed by atoms with Crippen LogP contribution in [-0.2, 0) is 4.79 Å². The van der Waals surface area contributed by atoms with Gasteiger partial charge in [-0.25, -0.2) is 4.98 Å². The number of aromatic nitrogens is 2. The van der Waals surface area contributed by atoms with E-state index in [9.17, 15) is 4.79 Å². The number of hydrogen-bond donors (Lipinski definition) is 2. The monoisotopic (exact) mass is 314 g/mol. The highest BCUT2D eigenvalue weighted by Crippen LogP contribution is 2.21. The zero-order valence-electron chi connectivity index (χ0n) is 13.7. The summed E-state index contributed by atoms with van der Waals surface area (Å²) < 4.78 is 5.66. The highest BCUT2D eigenvalue weighted by Gasteiger charge is 2.11. The zero-order chi connectivity index (χ0) is 16.7. The predicted octanol–water partition coefficient (Wildman–Crippen LogP) is 2.90. The van der Waals surface area contributed by atoms with Gasteiger partial charge >= 0.3 is 0 Å². The quantitative estimate of drug-likeness (QED) is 0.822. The number of carbonyl (C=O) groups excluding carboxylic acids is 1. The van der Waals surface area contributed by atoms with Crippen LogP contribution in [0.25, 0.3) is 0 Å². The van der Waals surface area contributed by atoms with Gasteiger partial charge in [0.25, 0.3) is 0 Å². The first kappa shape index (κ1) is 16.7. The van der Waals surface area contributed by atoms with Crippen LogP contribution in [0.2, 0.25) is 0 Å². The van der Waals surface area contributed by atoms with Crippen molar-refractivity contribution in [2.24, 2.45) is 0 Å². The molecule has 1 amide bonds. The predicted molar refractivity (Wildman–Crippen MR) is 89.7 cm³/mol. The molecule has 0 bridgehead atoms. The van der Waals surface area contributed by atoms with E-state index >= 15 is 0 Å². The molecule has 2 aromatic rings. The van der Waals surface area contributed by atoms with Crippen LogP contribution in [0.15, 0.2) is 36.5 Å². The van der Waals surface area contributed by atoms with Crippen molar-refractivity contribution < 1.29 is 9.53 Å². The van der Waals surface area contributed by atoms with Crippen LogP contribution in [0.3, 0.4) is 0 Å².